The van der Waals surface area contributed by atoms with E-state index in [1.807, 2.05) is 37.3 Å². The molecule has 2 amide bonds. The van der Waals surface area contributed by atoms with Gasteiger partial charge in [0.2, 0.25) is 11.8 Å². The molecule has 1 saturated carbocycles. The van der Waals surface area contributed by atoms with E-state index in [1.54, 1.807) is 24.3 Å². The van der Waals surface area contributed by atoms with Gasteiger partial charge in [0, 0.05) is 19.0 Å². The van der Waals surface area contributed by atoms with E-state index in [4.69, 9.17) is 23.2 Å². The van der Waals surface area contributed by atoms with E-state index in [0.717, 1.165) is 41.1 Å². The predicted molar refractivity (Wildman–Crippen MR) is 183 cm³/mol. The fourth-order valence-corrected chi connectivity index (χ4v) is 7.41. The summed E-state index contributed by atoms with van der Waals surface area (Å²) >= 11 is 12.5. The zero-order valence-corrected chi connectivity index (χ0v) is 28.2. The van der Waals surface area contributed by atoms with Crippen molar-refractivity contribution in [2.75, 3.05) is 10.8 Å². The molecular formula is C36H36Cl2FN3O4S. The predicted octanol–water partition coefficient (Wildman–Crippen LogP) is 7.34. The Morgan fingerprint density at radius 1 is 0.872 bits per heavy atom. The van der Waals surface area contributed by atoms with Crippen molar-refractivity contribution in [3.05, 3.63) is 130 Å². The van der Waals surface area contributed by atoms with E-state index in [0.29, 0.717) is 5.56 Å². The van der Waals surface area contributed by atoms with Crippen molar-refractivity contribution in [3.63, 3.8) is 0 Å². The van der Waals surface area contributed by atoms with Gasteiger partial charge in [0.1, 0.15) is 18.4 Å². The highest BCUT2D eigenvalue weighted by molar-refractivity contribution is 7.92. The maximum atomic E-state index is 14.6. The maximum absolute atomic E-state index is 14.6. The van der Waals surface area contributed by atoms with Crippen LogP contribution in [0, 0.1) is 12.7 Å². The molecule has 0 bridgehead atoms. The number of halogens is 3. The highest BCUT2D eigenvalue weighted by Gasteiger charge is 2.35. The summed E-state index contributed by atoms with van der Waals surface area (Å²) in [5.74, 6) is -1.40. The van der Waals surface area contributed by atoms with Crippen molar-refractivity contribution in [1.29, 1.82) is 0 Å². The number of amides is 2. The summed E-state index contributed by atoms with van der Waals surface area (Å²) < 4.78 is 43.2. The zero-order chi connectivity index (χ0) is 33.6. The Bertz CT molecular complexity index is 1800. The van der Waals surface area contributed by atoms with Gasteiger partial charge in [-0.3, -0.25) is 13.9 Å². The third-order valence-electron chi connectivity index (χ3n) is 8.32. The third-order valence-corrected chi connectivity index (χ3v) is 10.8. The lowest BCUT2D eigenvalue weighted by Gasteiger charge is -2.34. The molecule has 0 saturated heterocycles. The Morgan fingerprint density at radius 2 is 1.53 bits per heavy atom. The lowest BCUT2D eigenvalue weighted by molar-refractivity contribution is -0.140. The molecule has 1 aliphatic rings. The van der Waals surface area contributed by atoms with Gasteiger partial charge in [0.15, 0.2) is 0 Å². The number of anilines is 1. The quantitative estimate of drug-likeness (QED) is 0.168. The summed E-state index contributed by atoms with van der Waals surface area (Å²) in [5, 5.41) is 3.47. The van der Waals surface area contributed by atoms with E-state index in [-0.39, 0.29) is 45.5 Å². The number of carbonyl (C=O) groups is 2. The summed E-state index contributed by atoms with van der Waals surface area (Å²) in [7, 11) is -4.30. The van der Waals surface area contributed by atoms with Crippen LogP contribution >= 0.6 is 23.2 Å². The summed E-state index contributed by atoms with van der Waals surface area (Å²) in [6, 6.07) is 24.6. The zero-order valence-electron chi connectivity index (χ0n) is 25.9. The summed E-state index contributed by atoms with van der Waals surface area (Å²) in [6.45, 7) is 1.14. The number of nitrogens with one attached hydrogen (secondary N) is 1. The number of hydrogen-bond donors (Lipinski definition) is 1. The third kappa shape index (κ3) is 8.71. The molecule has 1 fully saturated rings. The lowest BCUT2D eigenvalue weighted by Crippen LogP contribution is -2.54. The maximum Gasteiger partial charge on any atom is 0.264 e. The number of rotatable bonds is 12. The second kappa shape index (κ2) is 15.3. The first-order valence-corrected chi connectivity index (χ1v) is 17.6. The number of hydrogen-bond acceptors (Lipinski definition) is 4. The molecule has 0 aliphatic heterocycles. The number of sulfonamides is 1. The van der Waals surface area contributed by atoms with Crippen molar-refractivity contribution in [2.24, 2.45) is 0 Å². The van der Waals surface area contributed by atoms with Crippen molar-refractivity contribution in [2.45, 2.75) is 62.6 Å². The average Bonchev–Trinajstić information content (AvgIpc) is 3.57. The molecule has 1 N–H and O–H groups in total. The van der Waals surface area contributed by atoms with Gasteiger partial charge in [-0.2, -0.15) is 0 Å². The monoisotopic (exact) mass is 695 g/mol. The van der Waals surface area contributed by atoms with E-state index in [2.05, 4.69) is 5.32 Å². The van der Waals surface area contributed by atoms with Crippen LogP contribution in [-0.4, -0.2) is 43.8 Å². The van der Waals surface area contributed by atoms with Crippen LogP contribution in [0.4, 0.5) is 10.1 Å². The highest BCUT2D eigenvalue weighted by Crippen LogP contribution is 2.31. The second-order valence-corrected chi connectivity index (χ2v) is 14.4. The molecule has 4 aromatic rings. The Labute approximate surface area is 285 Å². The van der Waals surface area contributed by atoms with Gasteiger partial charge in [-0.05, 0) is 73.4 Å². The molecule has 5 rings (SSSR count). The molecule has 7 nitrogen and oxygen atoms in total. The van der Waals surface area contributed by atoms with E-state index in [1.165, 1.54) is 47.4 Å². The number of nitrogens with zero attached hydrogens (tertiary/aromatic N) is 2. The molecule has 11 heteroatoms. The Morgan fingerprint density at radius 3 is 2.17 bits per heavy atom. The van der Waals surface area contributed by atoms with Gasteiger partial charge in [0.25, 0.3) is 10.0 Å². The molecule has 0 radical (unpaired) electrons. The van der Waals surface area contributed by atoms with Crippen LogP contribution in [0.3, 0.4) is 0 Å². The van der Waals surface area contributed by atoms with Crippen LogP contribution in [0.15, 0.2) is 102 Å². The van der Waals surface area contributed by atoms with Crippen LogP contribution in [0.25, 0.3) is 0 Å². The SMILES string of the molecule is Cc1ccc(S(=O)(=O)N(CC(=O)N(Cc2ccc(F)cc2)C(Cc2ccccc2)C(=O)NC2CCCC2)c2ccc(Cl)c(Cl)c2)cc1. The highest BCUT2D eigenvalue weighted by atomic mass is 35.5. The molecular weight excluding hydrogens is 660 g/mol. The largest absolute Gasteiger partial charge is 0.352 e. The lowest BCUT2D eigenvalue weighted by atomic mass is 10.0. The molecule has 0 aromatic heterocycles. The number of aryl methyl sites for hydroxylation is 1. The van der Waals surface area contributed by atoms with Crippen molar-refractivity contribution >= 4 is 50.7 Å². The first kappa shape index (κ1) is 34.4. The Balaban J connectivity index is 1.57. The van der Waals surface area contributed by atoms with Crippen LogP contribution in [0.2, 0.25) is 10.0 Å². The molecule has 1 atom stereocenters. The summed E-state index contributed by atoms with van der Waals surface area (Å²) in [6.07, 6.45) is 3.87. The van der Waals surface area contributed by atoms with E-state index >= 15 is 0 Å². The first-order valence-electron chi connectivity index (χ1n) is 15.4. The minimum absolute atomic E-state index is 0.0156. The fourth-order valence-electron chi connectivity index (χ4n) is 5.71. The molecule has 4 aromatic carbocycles. The summed E-state index contributed by atoms with van der Waals surface area (Å²) in [5.41, 5.74) is 2.40. The average molecular weight is 697 g/mol. The van der Waals surface area contributed by atoms with E-state index in [9.17, 15) is 22.4 Å². The van der Waals surface area contributed by atoms with Crippen LogP contribution in [0.1, 0.15) is 42.4 Å². The van der Waals surface area contributed by atoms with Gasteiger partial charge in [0.05, 0.1) is 20.6 Å². The smallest absolute Gasteiger partial charge is 0.264 e. The minimum atomic E-state index is -4.30. The molecule has 1 unspecified atom stereocenters. The van der Waals surface area contributed by atoms with Crippen LogP contribution in [-0.2, 0) is 32.6 Å². The molecule has 0 heterocycles. The first-order chi connectivity index (χ1) is 22.5. The fraction of sp³-hybridized carbons (Fsp3) is 0.278. The van der Waals surface area contributed by atoms with Gasteiger partial charge in [-0.25, -0.2) is 12.8 Å². The van der Waals surface area contributed by atoms with Crippen molar-refractivity contribution in [1.82, 2.24) is 10.2 Å². The van der Waals surface area contributed by atoms with Crippen molar-refractivity contribution < 1.29 is 22.4 Å². The minimum Gasteiger partial charge on any atom is -0.352 e. The van der Waals surface area contributed by atoms with E-state index < -0.39 is 34.3 Å². The normalized spacial score (nSPS) is 14.0. The Hall–Kier alpha value is -3.92. The van der Waals surface area contributed by atoms with Gasteiger partial charge in [-0.15, -0.1) is 0 Å². The second-order valence-electron chi connectivity index (χ2n) is 11.8. The number of carbonyl (C=O) groups excluding carboxylic acids is 2. The van der Waals surface area contributed by atoms with Gasteiger partial charge < -0.3 is 10.2 Å². The van der Waals surface area contributed by atoms with Gasteiger partial charge in [-0.1, -0.05) is 96.2 Å². The van der Waals surface area contributed by atoms with Crippen LogP contribution in [0.5, 0.6) is 0 Å². The molecule has 0 spiro atoms. The van der Waals surface area contributed by atoms with Crippen LogP contribution < -0.4 is 9.62 Å². The Kier molecular flexibility index (Phi) is 11.2. The molecule has 246 valence electrons. The number of benzene rings is 4. The van der Waals surface area contributed by atoms with Gasteiger partial charge >= 0.3 is 0 Å². The standard InChI is InChI=1S/C36H36Cl2FN3O4S/c1-25-11-18-31(19-12-25)47(45,46)42(30-17-20-32(37)33(38)22-30)24-35(43)41(23-27-13-15-28(39)16-14-27)34(21-26-7-3-2-4-8-26)36(44)40-29-9-5-6-10-29/h2-4,7-8,11-20,22,29,34H,5-6,9-10,21,23-24H2,1H3,(H,40,44). The molecule has 47 heavy (non-hydrogen) atoms. The topological polar surface area (TPSA) is 86.8 Å². The van der Waals surface area contributed by atoms with Crippen molar-refractivity contribution in [3.8, 4) is 0 Å². The summed E-state index contributed by atoms with van der Waals surface area (Å²) in [4.78, 5) is 30.0. The molecule has 1 aliphatic carbocycles.